The fourth-order valence-electron chi connectivity index (χ4n) is 4.68. The monoisotopic (exact) mass is 512 g/mol. The highest BCUT2D eigenvalue weighted by Gasteiger charge is 2.30. The largest absolute Gasteiger partial charge is 0.497 e. The van der Waals surface area contributed by atoms with Crippen molar-refractivity contribution in [3.05, 3.63) is 89.0 Å². The summed E-state index contributed by atoms with van der Waals surface area (Å²) < 4.78 is 42.9. The predicted octanol–water partition coefficient (Wildman–Crippen LogP) is 6.18. The number of benzene rings is 3. The number of alkyl halides is 3. The van der Waals surface area contributed by atoms with Crippen LogP contribution in [-0.2, 0) is 12.6 Å². The van der Waals surface area contributed by atoms with Gasteiger partial charge in [0.2, 0.25) is 0 Å². The molecule has 0 aromatic heterocycles. The van der Waals surface area contributed by atoms with Gasteiger partial charge in [0.25, 0.3) is 0 Å². The van der Waals surface area contributed by atoms with Crippen LogP contribution in [0.15, 0.2) is 66.7 Å². The van der Waals surface area contributed by atoms with Gasteiger partial charge in [-0.15, -0.1) is 0 Å². The van der Waals surface area contributed by atoms with Gasteiger partial charge in [-0.3, -0.25) is 4.90 Å². The van der Waals surface area contributed by atoms with Crippen LogP contribution in [0.25, 0.3) is 0 Å². The molecule has 0 spiro atoms. The molecule has 6 nitrogen and oxygen atoms in total. The van der Waals surface area contributed by atoms with Crippen LogP contribution in [0.5, 0.6) is 5.75 Å². The lowest BCUT2D eigenvalue weighted by molar-refractivity contribution is -0.137. The summed E-state index contributed by atoms with van der Waals surface area (Å²) in [5, 5.41) is 2.62. The number of nitrogens with two attached hydrogens (primary N) is 2. The van der Waals surface area contributed by atoms with E-state index in [9.17, 15) is 18.0 Å². The molecule has 1 aliphatic carbocycles. The van der Waals surface area contributed by atoms with Crippen LogP contribution in [0.2, 0.25) is 0 Å². The number of hydrogen-bond acceptors (Lipinski definition) is 4. The minimum absolute atomic E-state index is 0.128. The Labute approximate surface area is 214 Å². The first-order valence-electron chi connectivity index (χ1n) is 12.2. The maximum absolute atomic E-state index is 12.6. The fourth-order valence-corrected chi connectivity index (χ4v) is 4.68. The van der Waals surface area contributed by atoms with Crippen LogP contribution in [0.1, 0.15) is 53.6 Å². The third kappa shape index (κ3) is 6.23. The summed E-state index contributed by atoms with van der Waals surface area (Å²) in [4.78, 5) is 14.0. The normalized spacial score (nSPS) is 18.6. The maximum atomic E-state index is 12.6. The molecule has 9 heteroatoms. The Morgan fingerprint density at radius 1 is 0.973 bits per heavy atom. The van der Waals surface area contributed by atoms with Crippen LogP contribution in [-0.4, -0.2) is 19.7 Å². The molecule has 1 heterocycles. The lowest BCUT2D eigenvalue weighted by Crippen LogP contribution is -2.40. The number of carbonyl (C=O) groups excluding carboxylic acids is 1. The number of anilines is 2. The molecule has 2 unspecified atom stereocenters. The number of aryl methyl sites for hydroxylation is 1. The third-order valence-electron chi connectivity index (χ3n) is 6.71. The van der Waals surface area contributed by atoms with Crippen LogP contribution in [0, 0.1) is 0 Å². The number of hydrogen-bond donors (Lipinski definition) is 3. The molecule has 0 bridgehead atoms. The van der Waals surface area contributed by atoms with E-state index in [0.717, 1.165) is 42.0 Å². The van der Waals surface area contributed by atoms with Gasteiger partial charge in [-0.1, -0.05) is 24.3 Å². The second-order valence-corrected chi connectivity index (χ2v) is 9.17. The molecule has 5 rings (SSSR count). The first kappa shape index (κ1) is 26.5. The van der Waals surface area contributed by atoms with Gasteiger partial charge in [0, 0.05) is 24.3 Å². The van der Waals surface area contributed by atoms with Crippen molar-refractivity contribution in [3.8, 4) is 5.75 Å². The topological polar surface area (TPSA) is 93.6 Å². The SMILES string of the molecule is COc1ccc2c(c1)C(N)CCC2.NC1CCN(C(=O)Nc2ccc(C(F)(F)F)cc2)c2ccccc21. The molecule has 3 aromatic carbocycles. The first-order chi connectivity index (χ1) is 17.7. The number of fused-ring (bicyclic) bond motifs is 2. The van der Waals surface area contributed by atoms with Crippen LogP contribution >= 0.6 is 0 Å². The van der Waals surface area contributed by atoms with Crippen molar-refractivity contribution in [2.75, 3.05) is 23.9 Å². The Kier molecular flexibility index (Phi) is 8.04. The molecule has 0 saturated carbocycles. The van der Waals surface area contributed by atoms with E-state index in [2.05, 4.69) is 17.4 Å². The van der Waals surface area contributed by atoms with Crippen molar-refractivity contribution in [1.29, 1.82) is 0 Å². The van der Waals surface area contributed by atoms with E-state index in [4.69, 9.17) is 16.2 Å². The molecule has 2 aliphatic rings. The zero-order valence-corrected chi connectivity index (χ0v) is 20.6. The van der Waals surface area contributed by atoms with Crippen LogP contribution < -0.4 is 26.4 Å². The van der Waals surface area contributed by atoms with E-state index >= 15 is 0 Å². The average molecular weight is 513 g/mol. The standard InChI is InChI=1S/C17H16F3N3O.C11H15NO/c18-17(19,20)11-5-7-12(8-6-11)22-16(24)23-10-9-14(21)13-3-1-2-4-15(13)23;1-13-9-6-5-8-3-2-4-11(12)10(8)7-9/h1-8,14H,9-10,21H2,(H,22,24);5-7,11H,2-4,12H2,1H3. The number of nitrogens with zero attached hydrogens (tertiary/aromatic N) is 1. The number of ether oxygens (including phenoxy) is 1. The lowest BCUT2D eigenvalue weighted by Gasteiger charge is -2.32. The van der Waals surface area contributed by atoms with Crippen LogP contribution in [0.4, 0.5) is 29.3 Å². The van der Waals surface area contributed by atoms with Crippen molar-refractivity contribution < 1.29 is 22.7 Å². The van der Waals surface area contributed by atoms with Gasteiger partial charge in [0.1, 0.15) is 5.75 Å². The lowest BCUT2D eigenvalue weighted by atomic mass is 9.88. The maximum Gasteiger partial charge on any atom is 0.416 e. The van der Waals surface area contributed by atoms with E-state index in [1.54, 1.807) is 18.1 Å². The van der Waals surface area contributed by atoms with E-state index in [0.29, 0.717) is 18.7 Å². The second kappa shape index (κ2) is 11.2. The number of methoxy groups -OCH3 is 1. The van der Waals surface area contributed by atoms with Crippen LogP contribution in [0.3, 0.4) is 0 Å². The van der Waals surface area contributed by atoms with Crippen molar-refractivity contribution in [3.63, 3.8) is 0 Å². The molecule has 196 valence electrons. The molecular weight excluding hydrogens is 481 g/mol. The van der Waals surface area contributed by atoms with E-state index in [1.807, 2.05) is 24.3 Å². The highest BCUT2D eigenvalue weighted by atomic mass is 19.4. The minimum Gasteiger partial charge on any atom is -0.497 e. The number of amides is 2. The van der Waals surface area contributed by atoms with Gasteiger partial charge in [0.15, 0.2) is 0 Å². The number of halogens is 3. The molecule has 3 aromatic rings. The third-order valence-corrected chi connectivity index (χ3v) is 6.71. The molecule has 2 atom stereocenters. The predicted molar refractivity (Wildman–Crippen MR) is 139 cm³/mol. The molecular formula is C28H31F3N4O2. The molecule has 0 saturated heterocycles. The number of rotatable bonds is 2. The van der Waals surface area contributed by atoms with Crippen molar-refractivity contribution in [1.82, 2.24) is 0 Å². The fraction of sp³-hybridized carbons (Fsp3) is 0.321. The number of para-hydroxylation sites is 1. The Morgan fingerprint density at radius 3 is 2.38 bits per heavy atom. The van der Waals surface area contributed by atoms with Crippen molar-refractivity contribution >= 4 is 17.4 Å². The highest BCUT2D eigenvalue weighted by Crippen LogP contribution is 2.33. The van der Waals surface area contributed by atoms with Crippen molar-refractivity contribution in [2.45, 2.75) is 43.9 Å². The molecule has 37 heavy (non-hydrogen) atoms. The molecule has 1 aliphatic heterocycles. The number of nitrogens with one attached hydrogen (secondary N) is 1. The summed E-state index contributed by atoms with van der Waals surface area (Å²) in [6.07, 6.45) is -0.310. The summed E-state index contributed by atoms with van der Waals surface area (Å²) in [7, 11) is 1.69. The highest BCUT2D eigenvalue weighted by molar-refractivity contribution is 6.02. The summed E-state index contributed by atoms with van der Waals surface area (Å²) >= 11 is 0. The van der Waals surface area contributed by atoms with Crippen molar-refractivity contribution in [2.24, 2.45) is 11.5 Å². The Bertz CT molecular complexity index is 1230. The quantitative estimate of drug-likeness (QED) is 0.382. The molecule has 0 fully saturated rings. The average Bonchev–Trinajstić information content (AvgIpc) is 2.89. The van der Waals surface area contributed by atoms with E-state index in [1.165, 1.54) is 29.7 Å². The summed E-state index contributed by atoms with van der Waals surface area (Å²) in [5.74, 6) is 0.913. The first-order valence-corrected chi connectivity index (χ1v) is 12.2. The number of carbonyl (C=O) groups is 1. The molecule has 0 radical (unpaired) electrons. The van der Waals surface area contributed by atoms with Gasteiger partial charge < -0.3 is 21.5 Å². The van der Waals surface area contributed by atoms with E-state index in [-0.39, 0.29) is 12.1 Å². The molecule has 2 amide bonds. The molecule has 5 N–H and O–H groups in total. The Morgan fingerprint density at radius 2 is 1.68 bits per heavy atom. The van der Waals surface area contributed by atoms with Gasteiger partial charge in [-0.25, -0.2) is 4.79 Å². The zero-order valence-electron chi connectivity index (χ0n) is 20.6. The Balaban J connectivity index is 0.000000207. The minimum atomic E-state index is -4.40. The summed E-state index contributed by atoms with van der Waals surface area (Å²) in [6.45, 7) is 0.449. The van der Waals surface area contributed by atoms with Gasteiger partial charge in [-0.2, -0.15) is 13.2 Å². The summed E-state index contributed by atoms with van der Waals surface area (Å²) in [5.41, 5.74) is 15.9. The van der Waals surface area contributed by atoms with Gasteiger partial charge in [-0.05, 0) is 84.8 Å². The van der Waals surface area contributed by atoms with Gasteiger partial charge in [0.05, 0.1) is 18.4 Å². The second-order valence-electron chi connectivity index (χ2n) is 9.17. The zero-order chi connectivity index (χ0) is 26.6. The smallest absolute Gasteiger partial charge is 0.416 e. The number of urea groups is 1. The van der Waals surface area contributed by atoms with Gasteiger partial charge >= 0.3 is 12.2 Å². The van der Waals surface area contributed by atoms with E-state index < -0.39 is 17.8 Å². The Hall–Kier alpha value is -3.56. The summed E-state index contributed by atoms with van der Waals surface area (Å²) in [6, 6.07) is 17.6.